The lowest BCUT2D eigenvalue weighted by Crippen LogP contribution is -2.50. The molecule has 0 spiro atoms. The van der Waals surface area contributed by atoms with Crippen LogP contribution in [0.5, 0.6) is 0 Å². The zero-order chi connectivity index (χ0) is 15.7. The summed E-state index contributed by atoms with van der Waals surface area (Å²) in [7, 11) is -3.78. The Hall–Kier alpha value is -1.44. The molecule has 6 nitrogen and oxygen atoms in total. The van der Waals surface area contributed by atoms with Crippen LogP contribution in [-0.2, 0) is 14.8 Å². The molecule has 116 valence electrons. The fraction of sp³-hybridized carbons (Fsp3) is 0.500. The summed E-state index contributed by atoms with van der Waals surface area (Å²) in [5.41, 5.74) is 0.706. The van der Waals surface area contributed by atoms with Crippen LogP contribution in [0.3, 0.4) is 0 Å². The lowest BCUT2D eigenvalue weighted by Gasteiger charge is -2.27. The van der Waals surface area contributed by atoms with Gasteiger partial charge >= 0.3 is 0 Å². The Bertz CT molecular complexity index is 649. The van der Waals surface area contributed by atoms with E-state index < -0.39 is 15.6 Å². The molecule has 1 aliphatic heterocycles. The van der Waals surface area contributed by atoms with E-state index in [-0.39, 0.29) is 10.8 Å². The molecule has 0 bridgehead atoms. The summed E-state index contributed by atoms with van der Waals surface area (Å²) in [6.07, 6.45) is 2.42. The van der Waals surface area contributed by atoms with Gasteiger partial charge in [0.25, 0.3) is 0 Å². The molecule has 1 aliphatic rings. The largest absolute Gasteiger partial charge is 0.324 e. The molecule has 1 aromatic rings. The van der Waals surface area contributed by atoms with Crippen LogP contribution in [0.25, 0.3) is 0 Å². The van der Waals surface area contributed by atoms with E-state index in [0.29, 0.717) is 12.1 Å². The minimum Gasteiger partial charge on any atom is -0.324 e. The summed E-state index contributed by atoms with van der Waals surface area (Å²) in [6.45, 7) is 4.59. The van der Waals surface area contributed by atoms with Crippen LogP contribution in [0.15, 0.2) is 23.1 Å². The highest BCUT2D eigenvalue weighted by Gasteiger charge is 2.39. The second-order valence-electron chi connectivity index (χ2n) is 5.44. The van der Waals surface area contributed by atoms with Gasteiger partial charge in [-0.25, -0.2) is 13.6 Å². The molecule has 1 amide bonds. The summed E-state index contributed by atoms with van der Waals surface area (Å²) >= 11 is 0. The van der Waals surface area contributed by atoms with Gasteiger partial charge in [-0.1, -0.05) is 13.0 Å². The number of anilines is 1. The molecule has 0 radical (unpaired) electrons. The van der Waals surface area contributed by atoms with Crippen LogP contribution in [0.2, 0.25) is 0 Å². The monoisotopic (exact) mass is 311 g/mol. The predicted octanol–water partition coefficient (Wildman–Crippen LogP) is 1.11. The number of aryl methyl sites for hydroxylation is 1. The Kier molecular flexibility index (Phi) is 4.36. The van der Waals surface area contributed by atoms with E-state index >= 15 is 0 Å². The number of hydrogen-bond donors (Lipinski definition) is 3. The molecule has 0 saturated carbocycles. The summed E-state index contributed by atoms with van der Waals surface area (Å²) in [4.78, 5) is 12.5. The van der Waals surface area contributed by atoms with Crippen molar-refractivity contribution in [3.05, 3.63) is 23.8 Å². The van der Waals surface area contributed by atoms with Crippen LogP contribution < -0.4 is 15.8 Å². The van der Waals surface area contributed by atoms with Crippen molar-refractivity contribution >= 4 is 21.6 Å². The number of amides is 1. The van der Waals surface area contributed by atoms with E-state index in [1.54, 1.807) is 6.07 Å². The van der Waals surface area contributed by atoms with Crippen molar-refractivity contribution in [1.82, 2.24) is 5.32 Å². The second kappa shape index (κ2) is 5.75. The first kappa shape index (κ1) is 15.9. The number of nitrogens with one attached hydrogen (secondary N) is 2. The molecule has 21 heavy (non-hydrogen) atoms. The molecule has 1 saturated heterocycles. The van der Waals surface area contributed by atoms with Crippen molar-refractivity contribution in [2.45, 2.75) is 43.5 Å². The van der Waals surface area contributed by atoms with E-state index in [2.05, 4.69) is 10.6 Å². The summed E-state index contributed by atoms with van der Waals surface area (Å²) in [5, 5.41) is 11.2. The van der Waals surface area contributed by atoms with Gasteiger partial charge in [-0.05, 0) is 50.4 Å². The number of carbonyl (C=O) groups excluding carboxylic acids is 1. The molecule has 7 heteroatoms. The SMILES string of the molecule is CCC1(C(=O)Nc2cc(S(N)(=O)=O)ccc2C)CCCN1. The van der Waals surface area contributed by atoms with Gasteiger partial charge in [0.1, 0.15) is 0 Å². The van der Waals surface area contributed by atoms with Gasteiger partial charge in [0.15, 0.2) is 0 Å². The van der Waals surface area contributed by atoms with Gasteiger partial charge in [-0.2, -0.15) is 0 Å². The van der Waals surface area contributed by atoms with Crippen LogP contribution in [-0.4, -0.2) is 26.4 Å². The highest BCUT2D eigenvalue weighted by molar-refractivity contribution is 7.89. The standard InChI is InChI=1S/C14H21N3O3S/c1-3-14(7-4-8-16-14)13(18)17-12-9-11(21(15,19)20)6-5-10(12)2/h5-6,9,16H,3-4,7-8H2,1-2H3,(H,17,18)(H2,15,19,20). The van der Waals surface area contributed by atoms with Crippen molar-refractivity contribution in [2.24, 2.45) is 5.14 Å². The Labute approximate surface area is 125 Å². The maximum Gasteiger partial charge on any atom is 0.244 e. The average Bonchev–Trinajstić information content (AvgIpc) is 2.90. The number of benzene rings is 1. The third-order valence-electron chi connectivity index (χ3n) is 4.07. The Morgan fingerprint density at radius 1 is 1.48 bits per heavy atom. The van der Waals surface area contributed by atoms with Gasteiger partial charge in [0.05, 0.1) is 10.4 Å². The van der Waals surface area contributed by atoms with Crippen molar-refractivity contribution in [2.75, 3.05) is 11.9 Å². The molecular formula is C14H21N3O3S. The molecule has 4 N–H and O–H groups in total. The first-order valence-corrected chi connectivity index (χ1v) is 8.53. The lowest BCUT2D eigenvalue weighted by atomic mass is 9.93. The first-order valence-electron chi connectivity index (χ1n) is 6.98. The normalized spacial score (nSPS) is 22.2. The highest BCUT2D eigenvalue weighted by Crippen LogP contribution is 2.26. The van der Waals surface area contributed by atoms with Crippen molar-refractivity contribution in [1.29, 1.82) is 0 Å². The molecular weight excluding hydrogens is 290 g/mol. The smallest absolute Gasteiger partial charge is 0.244 e. The van der Waals surface area contributed by atoms with Crippen LogP contribution in [0.1, 0.15) is 31.7 Å². The minimum atomic E-state index is -3.78. The second-order valence-corrected chi connectivity index (χ2v) is 7.00. The molecule has 1 aromatic carbocycles. The third kappa shape index (κ3) is 3.25. The van der Waals surface area contributed by atoms with Crippen LogP contribution in [0.4, 0.5) is 5.69 Å². The molecule has 1 unspecified atom stereocenters. The molecule has 2 rings (SSSR count). The molecule has 1 atom stereocenters. The fourth-order valence-electron chi connectivity index (χ4n) is 2.62. The third-order valence-corrected chi connectivity index (χ3v) is 4.98. The minimum absolute atomic E-state index is 0.00618. The van der Waals surface area contributed by atoms with Crippen LogP contribution in [0, 0.1) is 6.92 Å². The number of primary sulfonamides is 1. The number of nitrogens with two attached hydrogens (primary N) is 1. The van der Waals surface area contributed by atoms with Crippen molar-refractivity contribution in [3.8, 4) is 0 Å². The Morgan fingerprint density at radius 3 is 2.71 bits per heavy atom. The quantitative estimate of drug-likeness (QED) is 0.775. The maximum atomic E-state index is 12.5. The van der Waals surface area contributed by atoms with Gasteiger partial charge in [-0.15, -0.1) is 0 Å². The number of rotatable bonds is 4. The molecule has 0 aromatic heterocycles. The van der Waals surface area contributed by atoms with E-state index in [1.165, 1.54) is 12.1 Å². The molecule has 0 aliphatic carbocycles. The van der Waals surface area contributed by atoms with E-state index in [0.717, 1.165) is 24.9 Å². The summed E-state index contributed by atoms with van der Waals surface area (Å²) in [5.74, 6) is -0.128. The zero-order valence-electron chi connectivity index (χ0n) is 12.3. The lowest BCUT2D eigenvalue weighted by molar-refractivity contribution is -0.122. The fourth-order valence-corrected chi connectivity index (χ4v) is 3.16. The molecule has 1 heterocycles. The van der Waals surface area contributed by atoms with Crippen molar-refractivity contribution < 1.29 is 13.2 Å². The van der Waals surface area contributed by atoms with E-state index in [4.69, 9.17) is 5.14 Å². The Balaban J connectivity index is 2.29. The van der Waals surface area contributed by atoms with Gasteiger partial charge in [-0.3, -0.25) is 4.79 Å². The van der Waals surface area contributed by atoms with Crippen molar-refractivity contribution in [3.63, 3.8) is 0 Å². The van der Waals surface area contributed by atoms with Gasteiger partial charge in [0, 0.05) is 5.69 Å². The molecule has 1 fully saturated rings. The predicted molar refractivity (Wildman–Crippen MR) is 81.4 cm³/mol. The maximum absolute atomic E-state index is 12.5. The highest BCUT2D eigenvalue weighted by atomic mass is 32.2. The zero-order valence-corrected chi connectivity index (χ0v) is 13.1. The first-order chi connectivity index (χ1) is 9.78. The summed E-state index contributed by atoms with van der Waals surface area (Å²) < 4.78 is 22.8. The summed E-state index contributed by atoms with van der Waals surface area (Å²) in [6, 6.07) is 4.47. The van der Waals surface area contributed by atoms with Gasteiger partial charge in [0.2, 0.25) is 15.9 Å². The topological polar surface area (TPSA) is 101 Å². The number of hydrogen-bond acceptors (Lipinski definition) is 4. The average molecular weight is 311 g/mol. The van der Waals surface area contributed by atoms with Gasteiger partial charge < -0.3 is 10.6 Å². The Morgan fingerprint density at radius 2 is 2.19 bits per heavy atom. The van der Waals surface area contributed by atoms with E-state index in [1.807, 2.05) is 13.8 Å². The van der Waals surface area contributed by atoms with E-state index in [9.17, 15) is 13.2 Å². The number of sulfonamides is 1. The number of carbonyl (C=O) groups is 1. The van der Waals surface area contributed by atoms with Crippen LogP contribution >= 0.6 is 0 Å².